The number of hydrogen-bond acceptors (Lipinski definition) is 1. The Hall–Kier alpha value is 0.440. The molecule has 1 nitrogen and oxygen atoms in total. The van der Waals surface area contributed by atoms with Gasteiger partial charge in [0.25, 0.3) is 0 Å². The van der Waals surface area contributed by atoms with E-state index < -0.39 is 0 Å². The molecule has 0 bridgehead atoms. The van der Waals surface area contributed by atoms with Gasteiger partial charge in [-0.1, -0.05) is 28.8 Å². The molecule has 12 heavy (non-hydrogen) atoms. The number of hydrogen-bond donors (Lipinski definition) is 0. The Morgan fingerprint density at radius 3 is 2.25 bits per heavy atom. The molecule has 0 aromatic carbocycles. The van der Waals surface area contributed by atoms with Crippen LogP contribution in [0.5, 0.6) is 0 Å². The highest BCUT2D eigenvalue weighted by molar-refractivity contribution is 9.09. The van der Waals surface area contributed by atoms with Crippen molar-refractivity contribution in [2.45, 2.75) is 63.0 Å². The second kappa shape index (κ2) is 4.10. The largest absolute Gasteiger partial charge is 0.371 e. The molecule has 0 spiro atoms. The van der Waals surface area contributed by atoms with Crippen LogP contribution in [0.1, 0.15) is 46.5 Å². The first-order valence-corrected chi connectivity index (χ1v) is 5.72. The number of alkyl halides is 1. The molecule has 1 aliphatic rings. The highest BCUT2D eigenvalue weighted by Crippen LogP contribution is 2.29. The van der Waals surface area contributed by atoms with Gasteiger partial charge in [0.2, 0.25) is 0 Å². The summed E-state index contributed by atoms with van der Waals surface area (Å²) in [6.45, 7) is 6.38. The molecule has 0 radical (unpaired) electrons. The van der Waals surface area contributed by atoms with E-state index in [1.165, 1.54) is 25.7 Å². The van der Waals surface area contributed by atoms with Crippen molar-refractivity contribution < 1.29 is 4.74 Å². The summed E-state index contributed by atoms with van der Waals surface area (Å²) in [5.41, 5.74) is 0.00796. The van der Waals surface area contributed by atoms with E-state index in [-0.39, 0.29) is 5.60 Å². The standard InChI is InChI=1S/C10H19BrO/c1-10(2,3)12-9-7-5-4-6-8(9)11/h8-9H,4-7H2,1-3H3. The molecule has 2 unspecified atom stereocenters. The van der Waals surface area contributed by atoms with Crippen molar-refractivity contribution in [1.82, 2.24) is 0 Å². The molecule has 0 heterocycles. The molecule has 0 aliphatic heterocycles. The minimum absolute atomic E-state index is 0.00796. The molecule has 0 amide bonds. The van der Waals surface area contributed by atoms with Crippen LogP contribution in [0.2, 0.25) is 0 Å². The van der Waals surface area contributed by atoms with Crippen molar-refractivity contribution in [3.63, 3.8) is 0 Å². The molecule has 1 fully saturated rings. The third-order valence-electron chi connectivity index (χ3n) is 2.13. The van der Waals surface area contributed by atoms with Crippen molar-refractivity contribution in [3.8, 4) is 0 Å². The van der Waals surface area contributed by atoms with Gasteiger partial charge in [-0.05, 0) is 33.6 Å². The third-order valence-corrected chi connectivity index (χ3v) is 3.17. The van der Waals surface area contributed by atoms with Gasteiger partial charge in [0, 0.05) is 4.83 Å². The lowest BCUT2D eigenvalue weighted by Gasteiger charge is -2.33. The Bertz CT molecular complexity index is 139. The van der Waals surface area contributed by atoms with Gasteiger partial charge in [-0.2, -0.15) is 0 Å². The summed E-state index contributed by atoms with van der Waals surface area (Å²) in [5, 5.41) is 0. The van der Waals surface area contributed by atoms with Crippen LogP contribution >= 0.6 is 15.9 Å². The molecular formula is C10H19BrO. The molecule has 2 heteroatoms. The van der Waals surface area contributed by atoms with Crippen LogP contribution in [0, 0.1) is 0 Å². The van der Waals surface area contributed by atoms with Crippen LogP contribution < -0.4 is 0 Å². The van der Waals surface area contributed by atoms with E-state index in [2.05, 4.69) is 36.7 Å². The normalized spacial score (nSPS) is 32.0. The zero-order chi connectivity index (χ0) is 9.19. The van der Waals surface area contributed by atoms with E-state index >= 15 is 0 Å². The summed E-state index contributed by atoms with van der Waals surface area (Å²) in [4.78, 5) is 0.575. The summed E-state index contributed by atoms with van der Waals surface area (Å²) in [7, 11) is 0. The molecular weight excluding hydrogens is 216 g/mol. The van der Waals surface area contributed by atoms with Crippen LogP contribution in [0.25, 0.3) is 0 Å². The van der Waals surface area contributed by atoms with Crippen molar-refractivity contribution in [2.75, 3.05) is 0 Å². The third kappa shape index (κ3) is 3.44. The molecule has 72 valence electrons. The van der Waals surface area contributed by atoms with Crippen molar-refractivity contribution in [2.24, 2.45) is 0 Å². The van der Waals surface area contributed by atoms with Crippen LogP contribution in [-0.2, 0) is 4.74 Å². The van der Waals surface area contributed by atoms with Gasteiger partial charge < -0.3 is 4.74 Å². The average Bonchev–Trinajstić information content (AvgIpc) is 1.91. The maximum atomic E-state index is 5.94. The van der Waals surface area contributed by atoms with Gasteiger partial charge in [-0.3, -0.25) is 0 Å². The quantitative estimate of drug-likeness (QED) is 0.632. The first kappa shape index (κ1) is 10.5. The fourth-order valence-electron chi connectivity index (χ4n) is 1.64. The summed E-state index contributed by atoms with van der Waals surface area (Å²) < 4.78 is 5.94. The van der Waals surface area contributed by atoms with Gasteiger partial charge >= 0.3 is 0 Å². The van der Waals surface area contributed by atoms with E-state index in [9.17, 15) is 0 Å². The molecule has 1 saturated carbocycles. The summed E-state index contributed by atoms with van der Waals surface area (Å²) in [5.74, 6) is 0. The average molecular weight is 235 g/mol. The highest BCUT2D eigenvalue weighted by atomic mass is 79.9. The number of rotatable bonds is 1. The fraction of sp³-hybridized carbons (Fsp3) is 1.00. The second-order valence-corrected chi connectivity index (χ2v) is 5.75. The lowest BCUT2D eigenvalue weighted by molar-refractivity contribution is -0.0693. The predicted octanol–water partition coefficient (Wildman–Crippen LogP) is 3.51. The van der Waals surface area contributed by atoms with Crippen LogP contribution in [-0.4, -0.2) is 16.5 Å². The van der Waals surface area contributed by atoms with E-state index in [0.717, 1.165) is 0 Å². The predicted molar refractivity (Wildman–Crippen MR) is 55.8 cm³/mol. The number of ether oxygens (including phenoxy) is 1. The Balaban J connectivity index is 2.39. The molecule has 0 saturated heterocycles. The topological polar surface area (TPSA) is 9.23 Å². The zero-order valence-electron chi connectivity index (χ0n) is 8.27. The maximum Gasteiger partial charge on any atom is 0.0707 e. The van der Waals surface area contributed by atoms with Crippen LogP contribution in [0.4, 0.5) is 0 Å². The van der Waals surface area contributed by atoms with Gasteiger partial charge in [0.15, 0.2) is 0 Å². The van der Waals surface area contributed by atoms with Gasteiger partial charge in [-0.15, -0.1) is 0 Å². The molecule has 1 aliphatic carbocycles. The van der Waals surface area contributed by atoms with E-state index in [1.807, 2.05) is 0 Å². The summed E-state index contributed by atoms with van der Waals surface area (Å²) >= 11 is 3.68. The van der Waals surface area contributed by atoms with Gasteiger partial charge in [0.05, 0.1) is 11.7 Å². The fourth-order valence-corrected chi connectivity index (χ4v) is 2.33. The van der Waals surface area contributed by atoms with Crippen LogP contribution in [0.3, 0.4) is 0 Å². The molecule has 0 aromatic heterocycles. The summed E-state index contributed by atoms with van der Waals surface area (Å²) in [6, 6.07) is 0. The zero-order valence-corrected chi connectivity index (χ0v) is 9.86. The monoisotopic (exact) mass is 234 g/mol. The SMILES string of the molecule is CC(C)(C)OC1CCCCC1Br. The molecule has 0 aromatic rings. The Morgan fingerprint density at radius 1 is 1.17 bits per heavy atom. The lowest BCUT2D eigenvalue weighted by atomic mass is 9.97. The smallest absolute Gasteiger partial charge is 0.0707 e. The van der Waals surface area contributed by atoms with Crippen molar-refractivity contribution in [3.05, 3.63) is 0 Å². The van der Waals surface area contributed by atoms with E-state index in [1.54, 1.807) is 0 Å². The Labute approximate surface area is 84.0 Å². The first-order chi connectivity index (χ1) is 5.49. The minimum Gasteiger partial charge on any atom is -0.371 e. The maximum absolute atomic E-state index is 5.94. The van der Waals surface area contributed by atoms with Crippen molar-refractivity contribution >= 4 is 15.9 Å². The van der Waals surface area contributed by atoms with Gasteiger partial charge in [0.1, 0.15) is 0 Å². The molecule has 2 atom stereocenters. The van der Waals surface area contributed by atoms with E-state index in [0.29, 0.717) is 10.9 Å². The Morgan fingerprint density at radius 2 is 1.75 bits per heavy atom. The molecule has 0 N–H and O–H groups in total. The Kier molecular flexibility index (Phi) is 3.59. The van der Waals surface area contributed by atoms with Crippen molar-refractivity contribution in [1.29, 1.82) is 0 Å². The molecule has 1 rings (SSSR count). The van der Waals surface area contributed by atoms with Gasteiger partial charge in [-0.25, -0.2) is 0 Å². The van der Waals surface area contributed by atoms with Crippen LogP contribution in [0.15, 0.2) is 0 Å². The number of halogens is 1. The van der Waals surface area contributed by atoms with E-state index in [4.69, 9.17) is 4.74 Å². The minimum atomic E-state index is 0.00796. The highest BCUT2D eigenvalue weighted by Gasteiger charge is 2.27. The first-order valence-electron chi connectivity index (χ1n) is 4.81. The lowest BCUT2D eigenvalue weighted by Crippen LogP contribution is -2.35. The second-order valence-electron chi connectivity index (χ2n) is 4.57. The summed E-state index contributed by atoms with van der Waals surface area (Å²) in [6.07, 6.45) is 5.58.